The second kappa shape index (κ2) is 9.11. The summed E-state index contributed by atoms with van der Waals surface area (Å²) in [6, 6.07) is 12.8. The third kappa shape index (κ3) is 4.05. The smallest absolute Gasteiger partial charge is 0.247 e. The lowest BCUT2D eigenvalue weighted by atomic mass is 10.1. The quantitative estimate of drug-likeness (QED) is 0.491. The molecule has 0 saturated heterocycles. The summed E-state index contributed by atoms with van der Waals surface area (Å²) in [5.41, 5.74) is 2.40. The summed E-state index contributed by atoms with van der Waals surface area (Å²) in [6.07, 6.45) is 2.10. The van der Waals surface area contributed by atoms with Crippen LogP contribution in [0.15, 0.2) is 47.6 Å². The third-order valence-electron chi connectivity index (χ3n) is 4.89. The van der Waals surface area contributed by atoms with E-state index in [1.807, 2.05) is 37.4 Å². The summed E-state index contributed by atoms with van der Waals surface area (Å²) in [7, 11) is 1.59. The lowest BCUT2D eigenvalue weighted by molar-refractivity contribution is -0.120. The first kappa shape index (κ1) is 21.4. The number of thioether (sulfide) groups is 1. The van der Waals surface area contributed by atoms with E-state index in [1.54, 1.807) is 30.2 Å². The molecule has 1 aliphatic rings. The number of carbonyl (C=O) groups is 1. The fraction of sp³-hybridized carbons (Fsp3) is 0.273. The van der Waals surface area contributed by atoms with Crippen molar-refractivity contribution in [2.45, 2.75) is 31.1 Å². The minimum Gasteiger partial charge on any atom is -0.496 e. The molecule has 0 fully saturated rings. The first-order chi connectivity index (χ1) is 15.1. The van der Waals surface area contributed by atoms with Crippen molar-refractivity contribution >= 4 is 35.0 Å². The molecule has 1 amide bonds. The molecule has 1 unspecified atom stereocenters. The number of ether oxygens (including phenoxy) is 2. The third-order valence-corrected chi connectivity index (χ3v) is 5.66. The fourth-order valence-corrected chi connectivity index (χ4v) is 3.97. The van der Waals surface area contributed by atoms with Crippen molar-refractivity contribution in [1.29, 1.82) is 0 Å². The number of benzene rings is 2. The summed E-state index contributed by atoms with van der Waals surface area (Å²) in [5, 5.41) is 9.51. The second-order valence-corrected chi connectivity index (χ2v) is 8.05. The maximum absolute atomic E-state index is 13.4. The largest absolute Gasteiger partial charge is 0.496 e. The van der Waals surface area contributed by atoms with Gasteiger partial charge in [-0.1, -0.05) is 42.4 Å². The molecule has 1 aromatic heterocycles. The van der Waals surface area contributed by atoms with Crippen LogP contribution in [-0.2, 0) is 4.79 Å². The van der Waals surface area contributed by atoms with Crippen LogP contribution in [0.1, 0.15) is 31.6 Å². The average Bonchev–Trinajstić information content (AvgIpc) is 2.93. The fourth-order valence-electron chi connectivity index (χ4n) is 3.50. The molecule has 1 aliphatic heterocycles. The van der Waals surface area contributed by atoms with Crippen LogP contribution in [0.25, 0.3) is 11.3 Å². The Morgan fingerprint density at radius 1 is 1.26 bits per heavy atom. The number of nitrogens with zero attached hydrogens (tertiary/aromatic N) is 4. The SMILES string of the molecule is CCCC(=O)N1c2ccc(Cl)cc2-c2nnc(SC)nc2OC1c1ccccc1OC. The Morgan fingerprint density at radius 2 is 2.06 bits per heavy atom. The predicted molar refractivity (Wildman–Crippen MR) is 121 cm³/mol. The van der Waals surface area contributed by atoms with Crippen molar-refractivity contribution in [3.8, 4) is 22.9 Å². The van der Waals surface area contributed by atoms with Crippen LogP contribution in [0, 0.1) is 0 Å². The summed E-state index contributed by atoms with van der Waals surface area (Å²) in [4.78, 5) is 19.5. The number of aromatic nitrogens is 3. The van der Waals surface area contributed by atoms with Crippen LogP contribution in [-0.4, -0.2) is 34.5 Å². The molecule has 9 heteroatoms. The molecule has 3 aromatic rings. The molecule has 0 bridgehead atoms. The molecule has 0 saturated carbocycles. The van der Waals surface area contributed by atoms with Crippen molar-refractivity contribution < 1.29 is 14.3 Å². The molecule has 0 N–H and O–H groups in total. The van der Waals surface area contributed by atoms with E-state index in [2.05, 4.69) is 15.2 Å². The van der Waals surface area contributed by atoms with Gasteiger partial charge in [0.1, 0.15) is 5.75 Å². The number of rotatable bonds is 5. The normalized spacial score (nSPS) is 14.8. The number of carbonyl (C=O) groups excluding carboxylic acids is 1. The zero-order valence-electron chi connectivity index (χ0n) is 17.3. The lowest BCUT2D eigenvalue weighted by Gasteiger charge is -2.31. The van der Waals surface area contributed by atoms with E-state index in [-0.39, 0.29) is 11.8 Å². The van der Waals surface area contributed by atoms with Gasteiger partial charge in [0.05, 0.1) is 18.4 Å². The maximum atomic E-state index is 13.4. The van der Waals surface area contributed by atoms with E-state index in [1.165, 1.54) is 11.8 Å². The number of hydrogen-bond acceptors (Lipinski definition) is 7. The number of amides is 1. The molecule has 31 heavy (non-hydrogen) atoms. The van der Waals surface area contributed by atoms with Crippen LogP contribution < -0.4 is 14.4 Å². The predicted octanol–water partition coefficient (Wildman–Crippen LogP) is 5.15. The van der Waals surface area contributed by atoms with Gasteiger partial charge in [0, 0.05) is 17.0 Å². The highest BCUT2D eigenvalue weighted by molar-refractivity contribution is 7.98. The van der Waals surface area contributed by atoms with E-state index < -0.39 is 6.23 Å². The minimum atomic E-state index is -0.803. The zero-order valence-corrected chi connectivity index (χ0v) is 18.9. The van der Waals surface area contributed by atoms with Gasteiger partial charge in [0.15, 0.2) is 5.69 Å². The van der Waals surface area contributed by atoms with Gasteiger partial charge in [-0.25, -0.2) is 0 Å². The molecule has 0 radical (unpaired) electrons. The molecular weight excluding hydrogens is 436 g/mol. The number of para-hydroxylation sites is 1. The highest BCUT2D eigenvalue weighted by Crippen LogP contribution is 2.45. The standard InChI is InChI=1S/C22H21ClN4O3S/c1-4-7-18(28)27-16-11-10-13(23)12-15(16)19-20(24-22(31-3)26-25-19)30-21(27)14-8-5-6-9-17(14)29-2/h5-6,8-12,21H,4,7H2,1-3H3. The Morgan fingerprint density at radius 3 is 2.81 bits per heavy atom. The Bertz CT molecular complexity index is 1130. The highest BCUT2D eigenvalue weighted by Gasteiger charge is 2.37. The first-order valence-electron chi connectivity index (χ1n) is 9.77. The van der Waals surface area contributed by atoms with E-state index in [4.69, 9.17) is 21.1 Å². The van der Waals surface area contributed by atoms with Crippen LogP contribution in [0.2, 0.25) is 5.02 Å². The van der Waals surface area contributed by atoms with Crippen molar-refractivity contribution in [3.63, 3.8) is 0 Å². The van der Waals surface area contributed by atoms with Gasteiger partial charge in [-0.15, -0.1) is 10.2 Å². The molecular formula is C22H21ClN4O3S. The molecule has 2 aromatic carbocycles. The van der Waals surface area contributed by atoms with Crippen LogP contribution >= 0.6 is 23.4 Å². The molecule has 160 valence electrons. The van der Waals surface area contributed by atoms with Crippen molar-refractivity contribution in [3.05, 3.63) is 53.1 Å². The molecule has 1 atom stereocenters. The van der Waals surface area contributed by atoms with Crippen LogP contribution in [0.5, 0.6) is 11.6 Å². The van der Waals surface area contributed by atoms with Gasteiger partial charge in [-0.3, -0.25) is 9.69 Å². The monoisotopic (exact) mass is 456 g/mol. The number of hydrogen-bond donors (Lipinski definition) is 0. The Hall–Kier alpha value is -2.84. The first-order valence-corrected chi connectivity index (χ1v) is 11.4. The summed E-state index contributed by atoms with van der Waals surface area (Å²) < 4.78 is 12.0. The van der Waals surface area contributed by atoms with E-state index in [9.17, 15) is 4.79 Å². The van der Waals surface area contributed by atoms with Gasteiger partial charge in [0.25, 0.3) is 0 Å². The van der Waals surface area contributed by atoms with Gasteiger partial charge in [-0.2, -0.15) is 4.98 Å². The Balaban J connectivity index is 2.01. The molecule has 0 aliphatic carbocycles. The maximum Gasteiger partial charge on any atom is 0.247 e. The number of anilines is 1. The van der Waals surface area contributed by atoms with Crippen molar-refractivity contribution in [1.82, 2.24) is 15.2 Å². The molecule has 2 heterocycles. The summed E-state index contributed by atoms with van der Waals surface area (Å²) in [6.45, 7) is 1.96. The van der Waals surface area contributed by atoms with Crippen LogP contribution in [0.3, 0.4) is 0 Å². The van der Waals surface area contributed by atoms with Crippen LogP contribution in [0.4, 0.5) is 5.69 Å². The Kier molecular flexibility index (Phi) is 6.29. The van der Waals surface area contributed by atoms with Gasteiger partial charge in [0.2, 0.25) is 23.2 Å². The summed E-state index contributed by atoms with van der Waals surface area (Å²) in [5.74, 6) is 0.797. The van der Waals surface area contributed by atoms with E-state index in [0.29, 0.717) is 51.3 Å². The second-order valence-electron chi connectivity index (χ2n) is 6.84. The Labute approximate surface area is 189 Å². The van der Waals surface area contributed by atoms with Gasteiger partial charge in [-0.05, 0) is 43.0 Å². The highest BCUT2D eigenvalue weighted by atomic mass is 35.5. The van der Waals surface area contributed by atoms with Gasteiger partial charge >= 0.3 is 0 Å². The van der Waals surface area contributed by atoms with E-state index >= 15 is 0 Å². The van der Waals surface area contributed by atoms with Gasteiger partial charge < -0.3 is 9.47 Å². The average molecular weight is 457 g/mol. The lowest BCUT2D eigenvalue weighted by Crippen LogP contribution is -2.37. The van der Waals surface area contributed by atoms with E-state index in [0.717, 1.165) is 0 Å². The van der Waals surface area contributed by atoms with Crippen molar-refractivity contribution in [2.24, 2.45) is 0 Å². The minimum absolute atomic E-state index is 0.0900. The molecule has 0 spiro atoms. The zero-order chi connectivity index (χ0) is 22.0. The summed E-state index contributed by atoms with van der Waals surface area (Å²) >= 11 is 7.66. The number of methoxy groups -OCH3 is 1. The van der Waals surface area contributed by atoms with Crippen molar-refractivity contribution in [2.75, 3.05) is 18.3 Å². The molecule has 4 rings (SSSR count). The topological polar surface area (TPSA) is 77.4 Å². The number of fused-ring (bicyclic) bond motifs is 3. The molecule has 7 nitrogen and oxygen atoms in total. The number of halogens is 1.